The highest BCUT2D eigenvalue weighted by Gasteiger charge is 2.06. The Morgan fingerprint density at radius 2 is 1.96 bits per heavy atom. The second-order valence-electron chi connectivity index (χ2n) is 5.30. The molecule has 0 aliphatic carbocycles. The normalized spacial score (nSPS) is 10.7. The van der Waals surface area contributed by atoms with E-state index in [9.17, 15) is 4.79 Å². The van der Waals surface area contributed by atoms with Gasteiger partial charge in [-0.15, -0.1) is 11.3 Å². The zero-order valence-corrected chi connectivity index (χ0v) is 13.8. The van der Waals surface area contributed by atoms with Crippen LogP contribution in [0.5, 0.6) is 0 Å². The van der Waals surface area contributed by atoms with Crippen molar-refractivity contribution in [2.24, 2.45) is 0 Å². The van der Waals surface area contributed by atoms with E-state index in [0.717, 1.165) is 12.0 Å². The van der Waals surface area contributed by atoms with Gasteiger partial charge in [-0.3, -0.25) is 9.48 Å². The molecule has 0 radical (unpaired) electrons. The molecule has 0 aliphatic heterocycles. The van der Waals surface area contributed by atoms with Crippen LogP contribution < -0.4 is 5.32 Å². The highest BCUT2D eigenvalue weighted by Crippen LogP contribution is 2.16. The summed E-state index contributed by atoms with van der Waals surface area (Å²) in [4.78, 5) is 14.7. The maximum absolute atomic E-state index is 12.2. The van der Waals surface area contributed by atoms with Crippen molar-refractivity contribution in [2.75, 3.05) is 0 Å². The molecule has 2 aromatic heterocycles. The lowest BCUT2D eigenvalue weighted by molar-refractivity contribution is 0.0951. The number of aryl methyl sites for hydroxylation is 1. The molecule has 0 aliphatic rings. The lowest BCUT2D eigenvalue weighted by atomic mass is 10.1. The Hall–Kier alpha value is -2.40. The van der Waals surface area contributed by atoms with Crippen LogP contribution in [0.3, 0.4) is 0 Å². The molecular weight excluding hydrogens is 306 g/mol. The van der Waals surface area contributed by atoms with Gasteiger partial charge in [0.15, 0.2) is 0 Å². The van der Waals surface area contributed by atoms with Gasteiger partial charge in [0, 0.05) is 27.7 Å². The van der Waals surface area contributed by atoms with Crippen LogP contribution in [0.15, 0.2) is 54.9 Å². The van der Waals surface area contributed by atoms with E-state index in [1.54, 1.807) is 17.5 Å². The number of nitrogens with zero attached hydrogens (tertiary/aromatic N) is 2. The standard InChI is InChI=1S/C18H19N3OS/c1-2-16-8-9-17(23-16)12-19-18(22)15-6-4-14(5-7-15)13-21-11-3-10-20-21/h3-11H,2,12-13H2,1H3,(H,19,22). The van der Waals surface area contributed by atoms with E-state index < -0.39 is 0 Å². The van der Waals surface area contributed by atoms with Gasteiger partial charge in [-0.1, -0.05) is 19.1 Å². The van der Waals surface area contributed by atoms with Gasteiger partial charge in [-0.2, -0.15) is 5.10 Å². The minimum Gasteiger partial charge on any atom is -0.347 e. The smallest absolute Gasteiger partial charge is 0.251 e. The number of nitrogens with one attached hydrogen (secondary N) is 1. The molecule has 0 fully saturated rings. The van der Waals surface area contributed by atoms with E-state index in [4.69, 9.17) is 0 Å². The summed E-state index contributed by atoms with van der Waals surface area (Å²) in [6.07, 6.45) is 4.72. The number of hydrogen-bond donors (Lipinski definition) is 1. The van der Waals surface area contributed by atoms with E-state index in [1.807, 2.05) is 41.2 Å². The van der Waals surface area contributed by atoms with E-state index >= 15 is 0 Å². The number of benzene rings is 1. The Morgan fingerprint density at radius 1 is 1.17 bits per heavy atom. The largest absolute Gasteiger partial charge is 0.347 e. The maximum atomic E-state index is 12.2. The van der Waals surface area contributed by atoms with E-state index in [0.29, 0.717) is 18.7 Å². The summed E-state index contributed by atoms with van der Waals surface area (Å²) in [6.45, 7) is 3.43. The quantitative estimate of drug-likeness (QED) is 0.754. The van der Waals surface area contributed by atoms with E-state index in [-0.39, 0.29) is 5.91 Å². The second kappa shape index (κ2) is 7.24. The van der Waals surface area contributed by atoms with Gasteiger partial charge >= 0.3 is 0 Å². The number of aromatic nitrogens is 2. The van der Waals surface area contributed by atoms with Gasteiger partial charge in [0.2, 0.25) is 0 Å². The van der Waals surface area contributed by atoms with Crippen LogP contribution in [0.4, 0.5) is 0 Å². The van der Waals surface area contributed by atoms with Crippen LogP contribution in [0.1, 0.15) is 32.6 Å². The second-order valence-corrected chi connectivity index (χ2v) is 6.56. The van der Waals surface area contributed by atoms with Crippen molar-refractivity contribution < 1.29 is 4.79 Å². The summed E-state index contributed by atoms with van der Waals surface area (Å²) in [5.41, 5.74) is 1.80. The minimum atomic E-state index is -0.0397. The lowest BCUT2D eigenvalue weighted by Crippen LogP contribution is -2.22. The van der Waals surface area contributed by atoms with Crippen molar-refractivity contribution in [3.8, 4) is 0 Å². The third kappa shape index (κ3) is 4.07. The van der Waals surface area contributed by atoms with Gasteiger partial charge in [-0.05, 0) is 42.3 Å². The molecule has 0 unspecified atom stereocenters. The summed E-state index contributed by atoms with van der Waals surface area (Å²) in [5, 5.41) is 7.15. The molecule has 23 heavy (non-hydrogen) atoms. The van der Waals surface area contributed by atoms with Gasteiger partial charge in [0.05, 0.1) is 13.1 Å². The van der Waals surface area contributed by atoms with Gasteiger partial charge in [0.25, 0.3) is 5.91 Å². The minimum absolute atomic E-state index is 0.0397. The van der Waals surface area contributed by atoms with Crippen molar-refractivity contribution in [3.05, 3.63) is 75.7 Å². The van der Waals surface area contributed by atoms with Crippen LogP contribution in [-0.4, -0.2) is 15.7 Å². The Labute approximate surface area is 139 Å². The first kappa shape index (κ1) is 15.5. The average Bonchev–Trinajstić information content (AvgIpc) is 3.24. The SMILES string of the molecule is CCc1ccc(CNC(=O)c2ccc(Cn3cccn3)cc2)s1. The molecule has 118 valence electrons. The number of carbonyl (C=O) groups excluding carboxylic acids is 1. The predicted molar refractivity (Wildman–Crippen MR) is 92.6 cm³/mol. The molecule has 5 heteroatoms. The number of hydrogen-bond acceptors (Lipinski definition) is 3. The van der Waals surface area contributed by atoms with Crippen molar-refractivity contribution in [2.45, 2.75) is 26.4 Å². The first-order chi connectivity index (χ1) is 11.2. The average molecular weight is 325 g/mol. The number of thiophene rings is 1. The van der Waals surface area contributed by atoms with Crippen LogP contribution >= 0.6 is 11.3 Å². The van der Waals surface area contributed by atoms with Gasteiger partial charge in [-0.25, -0.2) is 0 Å². The molecule has 4 nitrogen and oxygen atoms in total. The Balaban J connectivity index is 1.56. The fourth-order valence-corrected chi connectivity index (χ4v) is 3.22. The fourth-order valence-electron chi connectivity index (χ4n) is 2.32. The van der Waals surface area contributed by atoms with Crippen LogP contribution in [0.2, 0.25) is 0 Å². The molecule has 1 N–H and O–H groups in total. The Kier molecular flexibility index (Phi) is 4.88. The Morgan fingerprint density at radius 3 is 2.61 bits per heavy atom. The van der Waals surface area contributed by atoms with Gasteiger partial charge in [0.1, 0.15) is 0 Å². The molecule has 1 amide bonds. The molecule has 0 saturated carbocycles. The van der Waals surface area contributed by atoms with Crippen LogP contribution in [-0.2, 0) is 19.5 Å². The third-order valence-electron chi connectivity index (χ3n) is 3.61. The first-order valence-corrected chi connectivity index (χ1v) is 8.48. The number of amides is 1. The highest BCUT2D eigenvalue weighted by atomic mass is 32.1. The molecule has 0 bridgehead atoms. The van der Waals surface area contributed by atoms with E-state index in [1.165, 1.54) is 9.75 Å². The first-order valence-electron chi connectivity index (χ1n) is 7.67. The molecule has 1 aromatic carbocycles. The molecule has 0 atom stereocenters. The van der Waals surface area contributed by atoms with Crippen molar-refractivity contribution in [3.63, 3.8) is 0 Å². The number of rotatable bonds is 6. The summed E-state index contributed by atoms with van der Waals surface area (Å²) >= 11 is 1.75. The maximum Gasteiger partial charge on any atom is 0.251 e. The van der Waals surface area contributed by atoms with Gasteiger partial charge < -0.3 is 5.32 Å². The Bertz CT molecular complexity index is 760. The summed E-state index contributed by atoms with van der Waals surface area (Å²) in [5.74, 6) is -0.0397. The lowest BCUT2D eigenvalue weighted by Gasteiger charge is -2.06. The monoisotopic (exact) mass is 325 g/mol. The molecule has 0 saturated heterocycles. The molecule has 3 rings (SSSR count). The van der Waals surface area contributed by atoms with Crippen molar-refractivity contribution >= 4 is 17.2 Å². The predicted octanol–water partition coefficient (Wildman–Crippen LogP) is 3.49. The molecular formula is C18H19N3OS. The van der Waals surface area contributed by atoms with Crippen molar-refractivity contribution in [1.29, 1.82) is 0 Å². The molecule has 2 heterocycles. The summed E-state index contributed by atoms with van der Waals surface area (Å²) < 4.78 is 1.86. The highest BCUT2D eigenvalue weighted by molar-refractivity contribution is 7.11. The van der Waals surface area contributed by atoms with E-state index in [2.05, 4.69) is 29.5 Å². The third-order valence-corrected chi connectivity index (χ3v) is 4.84. The summed E-state index contributed by atoms with van der Waals surface area (Å²) in [7, 11) is 0. The summed E-state index contributed by atoms with van der Waals surface area (Å²) in [6, 6.07) is 13.8. The molecule has 3 aromatic rings. The zero-order chi connectivity index (χ0) is 16.1. The fraction of sp³-hybridized carbons (Fsp3) is 0.222. The van der Waals surface area contributed by atoms with Crippen LogP contribution in [0, 0.1) is 0 Å². The topological polar surface area (TPSA) is 46.9 Å². The zero-order valence-electron chi connectivity index (χ0n) is 13.0. The molecule has 0 spiro atoms. The number of carbonyl (C=O) groups is 1. The van der Waals surface area contributed by atoms with Crippen molar-refractivity contribution in [1.82, 2.24) is 15.1 Å². The van der Waals surface area contributed by atoms with Crippen LogP contribution in [0.25, 0.3) is 0 Å².